The number of rotatable bonds is 14. The van der Waals surface area contributed by atoms with Crippen molar-refractivity contribution in [2.24, 2.45) is 11.5 Å². The summed E-state index contributed by atoms with van der Waals surface area (Å²) >= 11 is 0. The molecule has 0 fully saturated rings. The first-order chi connectivity index (χ1) is 14.3. The molecule has 14 nitrogen and oxygen atoms in total. The highest BCUT2D eigenvalue weighted by Gasteiger charge is 2.31. The number of hydrogen-bond acceptors (Lipinski definition) is 8. The van der Waals surface area contributed by atoms with Crippen molar-refractivity contribution >= 4 is 35.6 Å². The molecule has 14 heteroatoms. The quantitative estimate of drug-likeness (QED) is 0.130. The molecule has 5 atom stereocenters. The minimum Gasteiger partial charge on any atom is -0.481 e. The number of carboxylic acids is 2. The molecule has 4 amide bonds. The summed E-state index contributed by atoms with van der Waals surface area (Å²) in [5, 5.41) is 33.9. The van der Waals surface area contributed by atoms with Crippen LogP contribution in [0.25, 0.3) is 0 Å². The van der Waals surface area contributed by atoms with E-state index in [1.807, 2.05) is 5.32 Å². The van der Waals surface area contributed by atoms with Crippen molar-refractivity contribution in [3.05, 3.63) is 0 Å². The average Bonchev–Trinajstić information content (AvgIpc) is 2.65. The van der Waals surface area contributed by atoms with Crippen molar-refractivity contribution < 1.29 is 44.1 Å². The zero-order valence-electron chi connectivity index (χ0n) is 17.2. The maximum atomic E-state index is 12.4. The van der Waals surface area contributed by atoms with Gasteiger partial charge in [-0.2, -0.15) is 0 Å². The third-order valence-corrected chi connectivity index (χ3v) is 4.12. The molecule has 0 saturated carbocycles. The molecule has 0 aromatic rings. The summed E-state index contributed by atoms with van der Waals surface area (Å²) in [6, 6.07) is -5.44. The minimum absolute atomic E-state index is 0.0466. The number of amides is 4. The van der Waals surface area contributed by atoms with E-state index in [9.17, 15) is 33.9 Å². The standard InChI is InChI=1S/C17H29N5O9/c1-7(20-15(28)9(18)3-5-11(19)24)14(27)21-10(4-6-12(25)26)16(29)22-13(8(2)23)17(30)31/h7-10,13,23H,3-6,18H2,1-2H3,(H2,19,24)(H,20,28)(H,21,27)(H,22,29)(H,25,26)(H,30,31). The van der Waals surface area contributed by atoms with Gasteiger partial charge in [-0.05, 0) is 26.7 Å². The fourth-order valence-corrected chi connectivity index (χ4v) is 2.29. The van der Waals surface area contributed by atoms with Crippen molar-refractivity contribution in [1.82, 2.24) is 16.0 Å². The van der Waals surface area contributed by atoms with Gasteiger partial charge in [-0.3, -0.25) is 24.0 Å². The van der Waals surface area contributed by atoms with E-state index in [0.717, 1.165) is 6.92 Å². The van der Waals surface area contributed by atoms with E-state index in [1.165, 1.54) is 6.92 Å². The Morgan fingerprint density at radius 3 is 1.87 bits per heavy atom. The van der Waals surface area contributed by atoms with Gasteiger partial charge in [0.2, 0.25) is 23.6 Å². The van der Waals surface area contributed by atoms with Gasteiger partial charge in [-0.25, -0.2) is 4.79 Å². The maximum Gasteiger partial charge on any atom is 0.328 e. The summed E-state index contributed by atoms with van der Waals surface area (Å²) in [6.07, 6.45) is -2.55. The Morgan fingerprint density at radius 1 is 0.839 bits per heavy atom. The number of aliphatic carboxylic acids is 2. The predicted molar refractivity (Wildman–Crippen MR) is 104 cm³/mol. The highest BCUT2D eigenvalue weighted by atomic mass is 16.4. The number of carbonyl (C=O) groups excluding carboxylic acids is 4. The lowest BCUT2D eigenvalue weighted by Gasteiger charge is -2.24. The van der Waals surface area contributed by atoms with Crippen LogP contribution in [0.5, 0.6) is 0 Å². The third-order valence-electron chi connectivity index (χ3n) is 4.12. The summed E-state index contributed by atoms with van der Waals surface area (Å²) in [6.45, 7) is 2.40. The first-order valence-electron chi connectivity index (χ1n) is 9.33. The van der Waals surface area contributed by atoms with Crippen LogP contribution >= 0.6 is 0 Å². The van der Waals surface area contributed by atoms with E-state index in [2.05, 4.69) is 10.6 Å². The van der Waals surface area contributed by atoms with Gasteiger partial charge in [0, 0.05) is 12.8 Å². The summed E-state index contributed by atoms with van der Waals surface area (Å²) in [5.41, 5.74) is 10.6. The highest BCUT2D eigenvalue weighted by molar-refractivity contribution is 5.94. The first kappa shape index (κ1) is 27.7. The molecule has 0 rings (SSSR count). The molecule has 0 saturated heterocycles. The number of nitrogens with one attached hydrogen (secondary N) is 3. The number of primary amides is 1. The van der Waals surface area contributed by atoms with Crippen LogP contribution in [0, 0.1) is 0 Å². The predicted octanol–water partition coefficient (Wildman–Crippen LogP) is -3.62. The molecular weight excluding hydrogens is 418 g/mol. The van der Waals surface area contributed by atoms with Crippen LogP contribution in [0.3, 0.4) is 0 Å². The second-order valence-electron chi connectivity index (χ2n) is 6.90. The van der Waals surface area contributed by atoms with Crippen molar-refractivity contribution in [2.45, 2.75) is 69.8 Å². The highest BCUT2D eigenvalue weighted by Crippen LogP contribution is 2.03. The largest absolute Gasteiger partial charge is 0.481 e. The zero-order chi connectivity index (χ0) is 24.3. The van der Waals surface area contributed by atoms with E-state index < -0.39 is 72.3 Å². The van der Waals surface area contributed by atoms with Gasteiger partial charge in [0.05, 0.1) is 12.1 Å². The molecule has 31 heavy (non-hydrogen) atoms. The van der Waals surface area contributed by atoms with E-state index in [4.69, 9.17) is 21.7 Å². The number of carboxylic acid groups (broad SMARTS) is 2. The molecule has 0 spiro atoms. The fourth-order valence-electron chi connectivity index (χ4n) is 2.29. The molecule has 0 aromatic carbocycles. The van der Waals surface area contributed by atoms with Gasteiger partial charge >= 0.3 is 11.9 Å². The van der Waals surface area contributed by atoms with Crippen molar-refractivity contribution in [3.63, 3.8) is 0 Å². The van der Waals surface area contributed by atoms with Crippen molar-refractivity contribution in [2.75, 3.05) is 0 Å². The number of aliphatic hydroxyl groups is 1. The molecular formula is C17H29N5O9. The maximum absolute atomic E-state index is 12.4. The van der Waals surface area contributed by atoms with Crippen LogP contribution in [-0.4, -0.2) is 81.2 Å². The van der Waals surface area contributed by atoms with Gasteiger partial charge in [0.25, 0.3) is 0 Å². The van der Waals surface area contributed by atoms with E-state index in [0.29, 0.717) is 0 Å². The lowest BCUT2D eigenvalue weighted by molar-refractivity contribution is -0.145. The van der Waals surface area contributed by atoms with E-state index >= 15 is 0 Å². The SMILES string of the molecule is CC(NC(=O)C(N)CCC(N)=O)C(=O)NC(CCC(=O)O)C(=O)NC(C(=O)O)C(C)O. The van der Waals surface area contributed by atoms with Crippen LogP contribution in [0.2, 0.25) is 0 Å². The Morgan fingerprint density at radius 2 is 1.42 bits per heavy atom. The van der Waals surface area contributed by atoms with E-state index in [-0.39, 0.29) is 19.3 Å². The number of carbonyl (C=O) groups is 6. The lowest BCUT2D eigenvalue weighted by atomic mass is 10.1. The summed E-state index contributed by atoms with van der Waals surface area (Å²) in [5.74, 6) is -6.10. The smallest absolute Gasteiger partial charge is 0.328 e. The first-order valence-corrected chi connectivity index (χ1v) is 9.33. The Hall–Kier alpha value is -3.26. The van der Waals surface area contributed by atoms with E-state index in [1.54, 1.807) is 0 Å². The molecule has 0 heterocycles. The van der Waals surface area contributed by atoms with Gasteiger partial charge in [0.1, 0.15) is 12.1 Å². The molecule has 0 aliphatic carbocycles. The molecule has 10 N–H and O–H groups in total. The molecule has 0 bridgehead atoms. The Labute approximate surface area is 177 Å². The van der Waals surface area contributed by atoms with Crippen molar-refractivity contribution in [3.8, 4) is 0 Å². The zero-order valence-corrected chi connectivity index (χ0v) is 17.2. The Kier molecular flexibility index (Phi) is 11.7. The van der Waals surface area contributed by atoms with Gasteiger partial charge in [-0.15, -0.1) is 0 Å². The molecule has 176 valence electrons. The minimum atomic E-state index is -1.68. The molecule has 5 unspecified atom stereocenters. The fraction of sp³-hybridized carbons (Fsp3) is 0.647. The van der Waals surface area contributed by atoms with Gasteiger partial charge in [0.15, 0.2) is 6.04 Å². The molecule has 0 radical (unpaired) electrons. The summed E-state index contributed by atoms with van der Waals surface area (Å²) in [4.78, 5) is 69.4. The average molecular weight is 447 g/mol. The van der Waals surface area contributed by atoms with Crippen LogP contribution in [-0.2, 0) is 28.8 Å². The second-order valence-corrected chi connectivity index (χ2v) is 6.90. The normalized spacial score (nSPS) is 15.5. The number of aliphatic hydroxyl groups excluding tert-OH is 1. The lowest BCUT2D eigenvalue weighted by Crippen LogP contribution is -2.57. The Balaban J connectivity index is 5.12. The second kappa shape index (κ2) is 13.1. The molecule has 0 aromatic heterocycles. The van der Waals surface area contributed by atoms with Gasteiger partial charge < -0.3 is 42.7 Å². The topological polar surface area (TPSA) is 251 Å². The van der Waals surface area contributed by atoms with Crippen molar-refractivity contribution in [1.29, 1.82) is 0 Å². The third kappa shape index (κ3) is 10.9. The van der Waals surface area contributed by atoms with Crippen LogP contribution in [0.4, 0.5) is 0 Å². The van der Waals surface area contributed by atoms with Gasteiger partial charge in [-0.1, -0.05) is 0 Å². The monoisotopic (exact) mass is 447 g/mol. The number of hydrogen-bond donors (Lipinski definition) is 8. The molecule has 0 aliphatic heterocycles. The number of nitrogens with two attached hydrogens (primary N) is 2. The summed E-state index contributed by atoms with van der Waals surface area (Å²) in [7, 11) is 0. The Bertz CT molecular complexity index is 697. The van der Waals surface area contributed by atoms with Crippen LogP contribution in [0.1, 0.15) is 39.5 Å². The molecule has 0 aliphatic rings. The summed E-state index contributed by atoms with van der Waals surface area (Å²) < 4.78 is 0. The van der Waals surface area contributed by atoms with Crippen LogP contribution < -0.4 is 27.4 Å². The van der Waals surface area contributed by atoms with Crippen LogP contribution in [0.15, 0.2) is 0 Å².